The van der Waals surface area contributed by atoms with Gasteiger partial charge < -0.3 is 30.0 Å². The first-order valence-corrected chi connectivity index (χ1v) is 10.2. The Kier molecular flexibility index (Phi) is 10.6. The molecule has 0 aliphatic heterocycles. The van der Waals surface area contributed by atoms with Crippen molar-refractivity contribution < 1.29 is 18.9 Å². The van der Waals surface area contributed by atoms with Gasteiger partial charge in [-0.25, -0.2) is 4.99 Å². The molecule has 0 bridgehead atoms. The summed E-state index contributed by atoms with van der Waals surface area (Å²) in [4.78, 5) is 4.39. The molecule has 0 aliphatic carbocycles. The van der Waals surface area contributed by atoms with E-state index >= 15 is 0 Å². The number of ether oxygens (including phenoxy) is 4. The van der Waals surface area contributed by atoms with Gasteiger partial charge in [-0.2, -0.15) is 0 Å². The van der Waals surface area contributed by atoms with Crippen LogP contribution < -0.4 is 30.0 Å². The van der Waals surface area contributed by atoms with Gasteiger partial charge in [0.1, 0.15) is 6.61 Å². The molecule has 0 amide bonds. The van der Waals surface area contributed by atoms with Crippen molar-refractivity contribution in [2.24, 2.45) is 10.7 Å². The lowest BCUT2D eigenvalue weighted by atomic mass is 10.2. The van der Waals surface area contributed by atoms with Gasteiger partial charge in [-0.3, -0.25) is 0 Å². The van der Waals surface area contributed by atoms with Gasteiger partial charge in [-0.05, 0) is 41.0 Å². The van der Waals surface area contributed by atoms with Crippen LogP contribution in [-0.2, 0) is 19.7 Å². The summed E-state index contributed by atoms with van der Waals surface area (Å²) in [6.07, 6.45) is 0. The van der Waals surface area contributed by atoms with Crippen molar-refractivity contribution in [3.05, 3.63) is 83.4 Å². The third kappa shape index (κ3) is 7.74. The number of nitrogens with two attached hydrogens (primary N) is 1. The molecule has 3 aromatic rings. The molecule has 7 nitrogen and oxygen atoms in total. The van der Waals surface area contributed by atoms with Crippen LogP contribution in [-0.4, -0.2) is 27.3 Å². The molecule has 0 unspecified atom stereocenters. The lowest BCUT2D eigenvalue weighted by molar-refractivity contribution is 0.284. The first-order chi connectivity index (χ1) is 15.6. The van der Waals surface area contributed by atoms with Crippen LogP contribution in [0.2, 0.25) is 0 Å². The van der Waals surface area contributed by atoms with E-state index in [4.69, 9.17) is 24.7 Å². The van der Waals surface area contributed by atoms with Gasteiger partial charge in [0, 0.05) is 6.54 Å². The molecular weight excluding hydrogens is 533 g/mol. The Morgan fingerprint density at radius 2 is 1.36 bits per heavy atom. The second-order valence-electron chi connectivity index (χ2n) is 7.00. The van der Waals surface area contributed by atoms with E-state index in [1.165, 1.54) is 0 Å². The predicted octanol–water partition coefficient (Wildman–Crippen LogP) is 4.51. The fraction of sp³-hybridized carbons (Fsp3) is 0.240. The molecule has 0 spiro atoms. The Labute approximate surface area is 211 Å². The highest BCUT2D eigenvalue weighted by Gasteiger charge is 2.07. The summed E-state index contributed by atoms with van der Waals surface area (Å²) in [5.74, 6) is 3.05. The molecule has 8 heteroatoms. The average molecular weight is 563 g/mol. The van der Waals surface area contributed by atoms with E-state index in [-0.39, 0.29) is 24.0 Å². The van der Waals surface area contributed by atoms with E-state index < -0.39 is 0 Å². The van der Waals surface area contributed by atoms with E-state index in [0.29, 0.717) is 48.7 Å². The molecular formula is C25H30IN3O4. The normalized spacial score (nSPS) is 10.7. The van der Waals surface area contributed by atoms with Crippen LogP contribution in [0.3, 0.4) is 0 Å². The minimum atomic E-state index is 0. The van der Waals surface area contributed by atoms with Gasteiger partial charge in [0.05, 0.1) is 27.9 Å². The summed E-state index contributed by atoms with van der Waals surface area (Å²) in [6.45, 7) is 1.41. The number of aliphatic imine (C=N–C) groups is 1. The lowest BCUT2D eigenvalue weighted by Gasteiger charge is -2.13. The Bertz CT molecular complexity index is 1050. The molecule has 33 heavy (non-hydrogen) atoms. The molecule has 3 N–H and O–H groups in total. The molecule has 0 saturated carbocycles. The topological polar surface area (TPSA) is 87.3 Å². The number of hydrogen-bond acceptors (Lipinski definition) is 5. The number of guanidine groups is 1. The lowest BCUT2D eigenvalue weighted by Crippen LogP contribution is -2.31. The second kappa shape index (κ2) is 13.4. The largest absolute Gasteiger partial charge is 0.493 e. The molecule has 0 saturated heterocycles. The van der Waals surface area contributed by atoms with Crippen LogP contribution >= 0.6 is 24.0 Å². The van der Waals surface area contributed by atoms with Gasteiger partial charge in [0.15, 0.2) is 29.0 Å². The maximum Gasteiger partial charge on any atom is 0.189 e. The molecule has 0 atom stereocenters. The van der Waals surface area contributed by atoms with E-state index in [9.17, 15) is 0 Å². The fourth-order valence-corrected chi connectivity index (χ4v) is 3.08. The number of nitrogens with zero attached hydrogens (tertiary/aromatic N) is 1. The van der Waals surface area contributed by atoms with E-state index in [1.807, 2.05) is 66.7 Å². The quantitative estimate of drug-likeness (QED) is 0.215. The summed E-state index contributed by atoms with van der Waals surface area (Å²) in [6, 6.07) is 21.5. The van der Waals surface area contributed by atoms with Gasteiger partial charge in [-0.15, -0.1) is 24.0 Å². The number of methoxy groups -OCH3 is 3. The Hall–Kier alpha value is -3.14. The van der Waals surface area contributed by atoms with Crippen molar-refractivity contribution >= 4 is 29.9 Å². The number of rotatable bonds is 10. The first-order valence-electron chi connectivity index (χ1n) is 10.2. The van der Waals surface area contributed by atoms with E-state index in [1.54, 1.807) is 21.3 Å². The Balaban J connectivity index is 0.00000385. The summed E-state index contributed by atoms with van der Waals surface area (Å²) in [7, 11) is 4.84. The van der Waals surface area contributed by atoms with Crippen LogP contribution in [0.25, 0.3) is 0 Å². The first kappa shape index (κ1) is 26.1. The third-order valence-electron chi connectivity index (χ3n) is 4.82. The SMILES string of the molecule is COc1ccc(CN=C(N)NCc2ccc(OCc3ccccc3)c(OC)c2)cc1OC.I. The van der Waals surface area contributed by atoms with Crippen LogP contribution in [0.4, 0.5) is 0 Å². The zero-order valence-corrected chi connectivity index (χ0v) is 21.4. The van der Waals surface area contributed by atoms with Gasteiger partial charge in [-0.1, -0.05) is 42.5 Å². The molecule has 0 aromatic heterocycles. The van der Waals surface area contributed by atoms with Crippen LogP contribution in [0, 0.1) is 0 Å². The highest BCUT2D eigenvalue weighted by molar-refractivity contribution is 14.0. The molecule has 3 rings (SSSR count). The second-order valence-corrected chi connectivity index (χ2v) is 7.00. The van der Waals surface area contributed by atoms with Gasteiger partial charge in [0.2, 0.25) is 0 Å². The Morgan fingerprint density at radius 1 is 0.758 bits per heavy atom. The number of halogens is 1. The van der Waals surface area contributed by atoms with Crippen LogP contribution in [0.5, 0.6) is 23.0 Å². The highest BCUT2D eigenvalue weighted by atomic mass is 127. The number of hydrogen-bond donors (Lipinski definition) is 2. The molecule has 3 aromatic carbocycles. The summed E-state index contributed by atoms with van der Waals surface area (Å²) < 4.78 is 22.0. The minimum absolute atomic E-state index is 0. The van der Waals surface area contributed by atoms with Crippen molar-refractivity contribution in [2.75, 3.05) is 21.3 Å². The van der Waals surface area contributed by atoms with Gasteiger partial charge in [0.25, 0.3) is 0 Å². The molecule has 0 heterocycles. The van der Waals surface area contributed by atoms with Crippen LogP contribution in [0.1, 0.15) is 16.7 Å². The van der Waals surface area contributed by atoms with Crippen LogP contribution in [0.15, 0.2) is 71.7 Å². The zero-order chi connectivity index (χ0) is 22.8. The van der Waals surface area contributed by atoms with Gasteiger partial charge >= 0.3 is 0 Å². The average Bonchev–Trinajstić information content (AvgIpc) is 2.85. The molecule has 176 valence electrons. The van der Waals surface area contributed by atoms with E-state index in [2.05, 4.69) is 10.3 Å². The third-order valence-corrected chi connectivity index (χ3v) is 4.82. The van der Waals surface area contributed by atoms with E-state index in [0.717, 1.165) is 16.7 Å². The van der Waals surface area contributed by atoms with Crippen molar-refractivity contribution in [1.82, 2.24) is 5.32 Å². The fourth-order valence-electron chi connectivity index (χ4n) is 3.08. The van der Waals surface area contributed by atoms with Crippen molar-refractivity contribution in [3.8, 4) is 23.0 Å². The summed E-state index contributed by atoms with van der Waals surface area (Å²) >= 11 is 0. The summed E-state index contributed by atoms with van der Waals surface area (Å²) in [5.41, 5.74) is 9.10. The Morgan fingerprint density at radius 3 is 2.06 bits per heavy atom. The maximum atomic E-state index is 6.04. The molecule has 0 aliphatic rings. The monoisotopic (exact) mass is 563 g/mol. The molecule has 0 radical (unpaired) electrons. The number of nitrogens with one attached hydrogen (secondary N) is 1. The standard InChI is InChI=1S/C25H29N3O4.HI/c1-29-21-11-9-19(13-23(21)30-2)15-27-25(26)28-16-20-10-12-22(24(14-20)31-3)32-17-18-7-5-4-6-8-18;/h4-14H,15-17H2,1-3H3,(H3,26,27,28);1H. The zero-order valence-electron chi connectivity index (χ0n) is 19.0. The van der Waals surface area contributed by atoms with Crippen molar-refractivity contribution in [1.29, 1.82) is 0 Å². The van der Waals surface area contributed by atoms with Crippen molar-refractivity contribution in [2.45, 2.75) is 19.7 Å². The predicted molar refractivity (Wildman–Crippen MR) is 141 cm³/mol. The minimum Gasteiger partial charge on any atom is -0.493 e. The summed E-state index contributed by atoms with van der Waals surface area (Å²) in [5, 5.41) is 3.12. The smallest absolute Gasteiger partial charge is 0.189 e. The number of benzene rings is 3. The maximum absolute atomic E-state index is 6.04. The molecule has 0 fully saturated rings. The highest BCUT2D eigenvalue weighted by Crippen LogP contribution is 2.29. The van der Waals surface area contributed by atoms with Crippen molar-refractivity contribution in [3.63, 3.8) is 0 Å².